The minimum Gasteiger partial charge on any atom is -0.348 e. The van der Waals surface area contributed by atoms with Crippen molar-refractivity contribution in [1.82, 2.24) is 10.2 Å². The van der Waals surface area contributed by atoms with Gasteiger partial charge in [-0.05, 0) is 44.3 Å². The van der Waals surface area contributed by atoms with E-state index < -0.39 is 15.1 Å². The summed E-state index contributed by atoms with van der Waals surface area (Å²) in [5.74, 6) is -0.275. The molecule has 1 saturated heterocycles. The molecular formula is C12H15FN2O3S. The molecule has 0 radical (unpaired) electrons. The van der Waals surface area contributed by atoms with E-state index in [1.165, 1.54) is 12.1 Å². The standard InChI is InChI=1S/C12H15FN2O3S/c1-15-7-6-10(8-15)14-12(16)9-2-4-11(5-3-9)19(13,17)18/h2-5,10H,6-8H2,1H3,(H,14,16). The van der Waals surface area contributed by atoms with Crippen LogP contribution >= 0.6 is 0 Å². The SMILES string of the molecule is CN1CCC(NC(=O)c2ccc(S(=O)(=O)F)cc2)C1. The first-order chi connectivity index (χ1) is 8.86. The molecule has 0 saturated carbocycles. The van der Waals surface area contributed by atoms with Gasteiger partial charge in [0.05, 0.1) is 4.90 Å². The first-order valence-electron chi connectivity index (χ1n) is 5.90. The molecule has 1 aliphatic heterocycles. The Morgan fingerprint density at radius 3 is 2.47 bits per heavy atom. The van der Waals surface area contributed by atoms with Crippen molar-refractivity contribution in [3.8, 4) is 0 Å². The second kappa shape index (κ2) is 5.26. The van der Waals surface area contributed by atoms with Crippen molar-refractivity contribution in [2.24, 2.45) is 0 Å². The van der Waals surface area contributed by atoms with Crippen LogP contribution in [0.2, 0.25) is 0 Å². The summed E-state index contributed by atoms with van der Waals surface area (Å²) in [6, 6.07) is 4.89. The molecule has 0 aromatic heterocycles. The van der Waals surface area contributed by atoms with Crippen molar-refractivity contribution < 1.29 is 17.1 Å². The molecule has 1 heterocycles. The van der Waals surface area contributed by atoms with Gasteiger partial charge in [0, 0.05) is 18.2 Å². The molecule has 1 N–H and O–H groups in total. The summed E-state index contributed by atoms with van der Waals surface area (Å²) in [5, 5.41) is 2.86. The Morgan fingerprint density at radius 2 is 2.00 bits per heavy atom. The number of amides is 1. The molecule has 0 bridgehead atoms. The number of hydrogen-bond donors (Lipinski definition) is 1. The number of hydrogen-bond acceptors (Lipinski definition) is 4. The monoisotopic (exact) mass is 286 g/mol. The number of rotatable bonds is 3. The molecule has 19 heavy (non-hydrogen) atoms. The predicted octanol–water partition coefficient (Wildman–Crippen LogP) is 0.779. The Kier molecular flexibility index (Phi) is 3.86. The van der Waals surface area contributed by atoms with E-state index in [0.717, 1.165) is 31.6 Å². The smallest absolute Gasteiger partial charge is 0.332 e. The van der Waals surface area contributed by atoms with Gasteiger partial charge >= 0.3 is 10.2 Å². The number of likely N-dealkylation sites (N-methyl/N-ethyl adjacent to an activating group) is 1. The van der Waals surface area contributed by atoms with E-state index >= 15 is 0 Å². The van der Waals surface area contributed by atoms with Crippen molar-refractivity contribution >= 4 is 16.1 Å². The normalized spacial score (nSPS) is 20.4. The summed E-state index contributed by atoms with van der Waals surface area (Å²) in [6.45, 7) is 1.73. The molecule has 2 rings (SSSR count). The van der Waals surface area contributed by atoms with E-state index in [4.69, 9.17) is 0 Å². The summed E-state index contributed by atoms with van der Waals surface area (Å²) in [4.78, 5) is 13.6. The molecule has 5 nitrogen and oxygen atoms in total. The van der Waals surface area contributed by atoms with Gasteiger partial charge in [-0.2, -0.15) is 8.42 Å². The molecule has 104 valence electrons. The number of nitrogens with one attached hydrogen (secondary N) is 1. The number of carbonyl (C=O) groups is 1. The van der Waals surface area contributed by atoms with E-state index in [-0.39, 0.29) is 11.9 Å². The Morgan fingerprint density at radius 1 is 1.37 bits per heavy atom. The minimum absolute atomic E-state index is 0.0992. The highest BCUT2D eigenvalue weighted by Crippen LogP contribution is 2.14. The molecule has 1 amide bonds. The summed E-state index contributed by atoms with van der Waals surface area (Å²) in [5.41, 5.74) is 0.321. The fourth-order valence-corrected chi connectivity index (χ4v) is 2.55. The summed E-state index contributed by atoms with van der Waals surface area (Å²) in [7, 11) is -2.73. The van der Waals surface area contributed by atoms with Crippen LogP contribution in [0.15, 0.2) is 29.2 Å². The number of halogens is 1. The highest BCUT2D eigenvalue weighted by Gasteiger charge is 2.21. The van der Waals surface area contributed by atoms with Crippen LogP contribution < -0.4 is 5.32 Å². The fourth-order valence-electron chi connectivity index (χ4n) is 2.09. The lowest BCUT2D eigenvalue weighted by molar-refractivity contribution is 0.0938. The summed E-state index contributed by atoms with van der Waals surface area (Å²) < 4.78 is 34.0. The second-order valence-corrected chi connectivity index (χ2v) is 6.03. The maximum atomic E-state index is 12.7. The summed E-state index contributed by atoms with van der Waals surface area (Å²) in [6.07, 6.45) is 0.888. The number of likely N-dealkylation sites (tertiary alicyclic amines) is 1. The lowest BCUT2D eigenvalue weighted by atomic mass is 10.2. The molecular weight excluding hydrogens is 271 g/mol. The molecule has 1 aromatic rings. The third-order valence-corrected chi connectivity index (χ3v) is 3.96. The van der Waals surface area contributed by atoms with Gasteiger partial charge in [0.25, 0.3) is 5.91 Å². The van der Waals surface area contributed by atoms with Gasteiger partial charge in [0.1, 0.15) is 0 Å². The van der Waals surface area contributed by atoms with E-state index in [1.54, 1.807) is 0 Å². The van der Waals surface area contributed by atoms with Gasteiger partial charge in [-0.25, -0.2) is 0 Å². The predicted molar refractivity (Wildman–Crippen MR) is 68.1 cm³/mol. The number of nitrogens with zero attached hydrogens (tertiary/aromatic N) is 1. The van der Waals surface area contributed by atoms with Gasteiger partial charge in [0.15, 0.2) is 0 Å². The Hall–Kier alpha value is -1.47. The molecule has 1 unspecified atom stereocenters. The maximum Gasteiger partial charge on any atom is 0.332 e. The van der Waals surface area contributed by atoms with Crippen LogP contribution in [0.4, 0.5) is 3.89 Å². The van der Waals surface area contributed by atoms with Crippen molar-refractivity contribution in [2.45, 2.75) is 17.4 Å². The van der Waals surface area contributed by atoms with Crippen LogP contribution in [0.25, 0.3) is 0 Å². The zero-order chi connectivity index (χ0) is 14.0. The molecule has 0 aliphatic carbocycles. The van der Waals surface area contributed by atoms with E-state index in [1.807, 2.05) is 7.05 Å². The average Bonchev–Trinajstić information content (AvgIpc) is 2.74. The first kappa shape index (κ1) is 14.0. The Labute approximate surface area is 111 Å². The highest BCUT2D eigenvalue weighted by molar-refractivity contribution is 7.86. The van der Waals surface area contributed by atoms with Gasteiger partial charge in [-0.1, -0.05) is 0 Å². The maximum absolute atomic E-state index is 12.7. The summed E-state index contributed by atoms with van der Waals surface area (Å²) >= 11 is 0. The fraction of sp³-hybridized carbons (Fsp3) is 0.417. The van der Waals surface area contributed by atoms with Crippen molar-refractivity contribution in [1.29, 1.82) is 0 Å². The minimum atomic E-state index is -4.71. The van der Waals surface area contributed by atoms with Crippen LogP contribution in [-0.2, 0) is 10.2 Å². The third kappa shape index (κ3) is 3.51. The van der Waals surface area contributed by atoms with Crippen LogP contribution in [0, 0.1) is 0 Å². The highest BCUT2D eigenvalue weighted by atomic mass is 32.3. The number of carbonyl (C=O) groups excluding carboxylic acids is 1. The number of benzene rings is 1. The second-order valence-electron chi connectivity index (χ2n) is 4.68. The van der Waals surface area contributed by atoms with Crippen LogP contribution in [0.1, 0.15) is 16.8 Å². The molecule has 7 heteroatoms. The third-order valence-electron chi connectivity index (χ3n) is 3.12. The molecule has 1 aromatic carbocycles. The largest absolute Gasteiger partial charge is 0.348 e. The lowest BCUT2D eigenvalue weighted by Gasteiger charge is -2.12. The zero-order valence-electron chi connectivity index (χ0n) is 10.5. The van der Waals surface area contributed by atoms with Crippen LogP contribution in [0.3, 0.4) is 0 Å². The van der Waals surface area contributed by atoms with E-state index in [0.29, 0.717) is 5.56 Å². The Balaban J connectivity index is 2.04. The topological polar surface area (TPSA) is 66.5 Å². The zero-order valence-corrected chi connectivity index (χ0v) is 11.3. The van der Waals surface area contributed by atoms with Crippen LogP contribution in [0.5, 0.6) is 0 Å². The van der Waals surface area contributed by atoms with Crippen molar-refractivity contribution in [3.05, 3.63) is 29.8 Å². The van der Waals surface area contributed by atoms with Gasteiger partial charge in [-0.15, -0.1) is 3.89 Å². The molecule has 1 atom stereocenters. The molecule has 0 spiro atoms. The average molecular weight is 286 g/mol. The molecule has 1 aliphatic rings. The molecule has 1 fully saturated rings. The van der Waals surface area contributed by atoms with Crippen molar-refractivity contribution in [2.75, 3.05) is 20.1 Å². The lowest BCUT2D eigenvalue weighted by Crippen LogP contribution is -2.36. The van der Waals surface area contributed by atoms with Gasteiger partial charge in [0.2, 0.25) is 0 Å². The van der Waals surface area contributed by atoms with Crippen LogP contribution in [-0.4, -0.2) is 45.4 Å². The van der Waals surface area contributed by atoms with Gasteiger partial charge < -0.3 is 10.2 Å². The van der Waals surface area contributed by atoms with Gasteiger partial charge in [-0.3, -0.25) is 4.79 Å². The van der Waals surface area contributed by atoms with E-state index in [9.17, 15) is 17.1 Å². The first-order valence-corrected chi connectivity index (χ1v) is 7.29. The van der Waals surface area contributed by atoms with E-state index in [2.05, 4.69) is 10.2 Å². The van der Waals surface area contributed by atoms with Crippen molar-refractivity contribution in [3.63, 3.8) is 0 Å². The quantitative estimate of drug-likeness (QED) is 0.834. The Bertz CT molecular complexity index is 571.